The molecule has 0 bridgehead atoms. The summed E-state index contributed by atoms with van der Waals surface area (Å²) in [5, 5.41) is 2.78. The Bertz CT molecular complexity index is 664. The van der Waals surface area contributed by atoms with Gasteiger partial charge in [0.1, 0.15) is 0 Å². The molecule has 2 rings (SSSR count). The zero-order chi connectivity index (χ0) is 15.8. The van der Waals surface area contributed by atoms with Crippen LogP contribution in [0.1, 0.15) is 21.5 Å². The number of rotatable bonds is 5. The van der Waals surface area contributed by atoms with Gasteiger partial charge in [0.2, 0.25) is 5.91 Å². The predicted molar refractivity (Wildman–Crippen MR) is 85.4 cm³/mol. The van der Waals surface area contributed by atoms with E-state index in [0.29, 0.717) is 12.1 Å². The quantitative estimate of drug-likeness (QED) is 0.339. The molecule has 0 saturated heterocycles. The third kappa shape index (κ3) is 4.57. The number of hydrogen-bond acceptors (Lipinski definition) is 3. The Hall–Kier alpha value is -2.92. The Kier molecular flexibility index (Phi) is 5.45. The number of benzene rings is 2. The van der Waals surface area contributed by atoms with Crippen LogP contribution >= 0.6 is 0 Å². The van der Waals surface area contributed by atoms with Gasteiger partial charge in [0.25, 0.3) is 5.91 Å². The highest BCUT2D eigenvalue weighted by Crippen LogP contribution is 2.04. The predicted octanol–water partition coefficient (Wildman–Crippen LogP) is 1.62. The van der Waals surface area contributed by atoms with E-state index in [2.05, 4.69) is 10.7 Å². The summed E-state index contributed by atoms with van der Waals surface area (Å²) < 4.78 is 0. The summed E-state index contributed by atoms with van der Waals surface area (Å²) in [6.07, 6.45) is 3.25. The molecule has 2 aromatic carbocycles. The summed E-state index contributed by atoms with van der Waals surface area (Å²) in [6.45, 7) is 0.391. The lowest BCUT2D eigenvalue weighted by Gasteiger charge is -2.04. The molecule has 2 aromatic rings. The minimum absolute atomic E-state index is 0.173. The fraction of sp³-hybridized carbons (Fsp3) is 0.0588. The summed E-state index contributed by atoms with van der Waals surface area (Å²) in [5.74, 6) is 4.54. The second kappa shape index (κ2) is 7.75. The molecule has 0 atom stereocenters. The lowest BCUT2D eigenvalue weighted by atomic mass is 10.1. The summed E-state index contributed by atoms with van der Waals surface area (Å²) in [5.41, 5.74) is 4.40. The molecule has 0 saturated carbocycles. The Morgan fingerprint density at radius 1 is 1.00 bits per heavy atom. The molecule has 0 aliphatic rings. The molecular weight excluding hydrogens is 278 g/mol. The highest BCUT2D eigenvalue weighted by Gasteiger charge is 2.03. The Balaban J connectivity index is 1.86. The number of amides is 2. The molecular formula is C17H17N3O2. The number of hydrazine groups is 1. The van der Waals surface area contributed by atoms with Crippen LogP contribution in [0, 0.1) is 0 Å². The fourth-order valence-corrected chi connectivity index (χ4v) is 1.84. The Morgan fingerprint density at radius 3 is 2.32 bits per heavy atom. The van der Waals surface area contributed by atoms with Crippen molar-refractivity contribution in [2.24, 2.45) is 5.84 Å². The molecule has 0 spiro atoms. The van der Waals surface area contributed by atoms with Crippen LogP contribution in [0.5, 0.6) is 0 Å². The van der Waals surface area contributed by atoms with Gasteiger partial charge < -0.3 is 5.32 Å². The summed E-state index contributed by atoms with van der Waals surface area (Å²) in [6, 6.07) is 16.4. The maximum absolute atomic E-state index is 11.7. The van der Waals surface area contributed by atoms with E-state index in [-0.39, 0.29) is 11.8 Å². The molecule has 0 heterocycles. The second-order valence-electron chi connectivity index (χ2n) is 4.63. The monoisotopic (exact) mass is 295 g/mol. The number of hydrogen-bond donors (Lipinski definition) is 3. The zero-order valence-corrected chi connectivity index (χ0v) is 12.0. The highest BCUT2D eigenvalue weighted by atomic mass is 16.2. The lowest BCUT2D eigenvalue weighted by Crippen LogP contribution is -2.29. The average Bonchev–Trinajstić information content (AvgIpc) is 2.58. The standard InChI is InChI=1S/C17H17N3O2/c18-20-17(22)15-9-6-14(7-10-15)12-19-16(21)11-8-13-4-2-1-3-5-13/h1-11H,12,18H2,(H,19,21)(H,20,22)/b11-8+. The molecule has 0 unspecified atom stereocenters. The Morgan fingerprint density at radius 2 is 1.68 bits per heavy atom. The number of nitrogens with one attached hydrogen (secondary N) is 2. The third-order valence-electron chi connectivity index (χ3n) is 3.04. The van der Waals surface area contributed by atoms with E-state index in [1.807, 2.05) is 30.3 Å². The van der Waals surface area contributed by atoms with Crippen LogP contribution in [0.4, 0.5) is 0 Å². The molecule has 0 aliphatic carbocycles. The van der Waals surface area contributed by atoms with Crippen molar-refractivity contribution in [3.05, 3.63) is 77.4 Å². The smallest absolute Gasteiger partial charge is 0.265 e. The molecule has 0 fully saturated rings. The van der Waals surface area contributed by atoms with Gasteiger partial charge in [-0.25, -0.2) is 5.84 Å². The molecule has 5 nitrogen and oxygen atoms in total. The van der Waals surface area contributed by atoms with E-state index in [0.717, 1.165) is 11.1 Å². The molecule has 112 valence electrons. The first-order chi connectivity index (χ1) is 10.7. The largest absolute Gasteiger partial charge is 0.348 e. The van der Waals surface area contributed by atoms with Gasteiger partial charge >= 0.3 is 0 Å². The molecule has 22 heavy (non-hydrogen) atoms. The first-order valence-electron chi connectivity index (χ1n) is 6.80. The van der Waals surface area contributed by atoms with Gasteiger partial charge in [0.05, 0.1) is 0 Å². The SMILES string of the molecule is NNC(=O)c1ccc(CNC(=O)/C=C/c2ccccc2)cc1. The number of nitrogen functional groups attached to an aromatic ring is 1. The minimum atomic E-state index is -0.346. The van der Waals surface area contributed by atoms with Gasteiger partial charge in [-0.1, -0.05) is 42.5 Å². The zero-order valence-electron chi connectivity index (χ0n) is 12.0. The average molecular weight is 295 g/mol. The summed E-state index contributed by atoms with van der Waals surface area (Å²) in [7, 11) is 0. The van der Waals surface area contributed by atoms with Gasteiger partial charge in [0.15, 0.2) is 0 Å². The van der Waals surface area contributed by atoms with E-state index >= 15 is 0 Å². The van der Waals surface area contributed by atoms with Gasteiger partial charge in [-0.05, 0) is 29.3 Å². The van der Waals surface area contributed by atoms with Crippen LogP contribution < -0.4 is 16.6 Å². The molecule has 4 N–H and O–H groups in total. The summed E-state index contributed by atoms with van der Waals surface area (Å²) in [4.78, 5) is 23.0. The van der Waals surface area contributed by atoms with Crippen molar-refractivity contribution in [2.75, 3.05) is 0 Å². The van der Waals surface area contributed by atoms with Crippen LogP contribution in [-0.2, 0) is 11.3 Å². The highest BCUT2D eigenvalue weighted by molar-refractivity contribution is 5.94. The number of carbonyl (C=O) groups excluding carboxylic acids is 2. The first-order valence-corrected chi connectivity index (χ1v) is 6.80. The number of carbonyl (C=O) groups is 2. The van der Waals surface area contributed by atoms with Crippen LogP contribution in [0.2, 0.25) is 0 Å². The van der Waals surface area contributed by atoms with E-state index < -0.39 is 0 Å². The van der Waals surface area contributed by atoms with E-state index in [4.69, 9.17) is 5.84 Å². The van der Waals surface area contributed by atoms with Crippen molar-refractivity contribution in [3.63, 3.8) is 0 Å². The minimum Gasteiger partial charge on any atom is -0.348 e. The molecule has 0 radical (unpaired) electrons. The fourth-order valence-electron chi connectivity index (χ4n) is 1.84. The van der Waals surface area contributed by atoms with Crippen molar-refractivity contribution in [2.45, 2.75) is 6.54 Å². The van der Waals surface area contributed by atoms with Crippen molar-refractivity contribution >= 4 is 17.9 Å². The van der Waals surface area contributed by atoms with Crippen molar-refractivity contribution in [1.29, 1.82) is 0 Å². The lowest BCUT2D eigenvalue weighted by molar-refractivity contribution is -0.116. The van der Waals surface area contributed by atoms with E-state index in [9.17, 15) is 9.59 Å². The molecule has 5 heteroatoms. The molecule has 2 amide bonds. The van der Waals surface area contributed by atoms with Crippen molar-refractivity contribution in [3.8, 4) is 0 Å². The molecule has 0 aromatic heterocycles. The van der Waals surface area contributed by atoms with Gasteiger partial charge in [-0.3, -0.25) is 15.0 Å². The second-order valence-corrected chi connectivity index (χ2v) is 4.63. The van der Waals surface area contributed by atoms with Crippen LogP contribution in [0.3, 0.4) is 0 Å². The van der Waals surface area contributed by atoms with Gasteiger partial charge in [0, 0.05) is 18.2 Å². The summed E-state index contributed by atoms with van der Waals surface area (Å²) >= 11 is 0. The number of nitrogens with two attached hydrogens (primary N) is 1. The van der Waals surface area contributed by atoms with E-state index in [1.165, 1.54) is 6.08 Å². The topological polar surface area (TPSA) is 84.2 Å². The normalized spacial score (nSPS) is 10.4. The van der Waals surface area contributed by atoms with Crippen LogP contribution in [0.25, 0.3) is 6.08 Å². The van der Waals surface area contributed by atoms with Crippen LogP contribution in [0.15, 0.2) is 60.7 Å². The maximum Gasteiger partial charge on any atom is 0.265 e. The van der Waals surface area contributed by atoms with Crippen molar-refractivity contribution < 1.29 is 9.59 Å². The third-order valence-corrected chi connectivity index (χ3v) is 3.04. The maximum atomic E-state index is 11.7. The van der Waals surface area contributed by atoms with Gasteiger partial charge in [-0.2, -0.15) is 0 Å². The first kappa shape index (κ1) is 15.5. The van der Waals surface area contributed by atoms with Crippen LogP contribution in [-0.4, -0.2) is 11.8 Å². The molecule has 0 aliphatic heterocycles. The Labute approximate surface area is 128 Å². The van der Waals surface area contributed by atoms with E-state index in [1.54, 1.807) is 30.3 Å². The van der Waals surface area contributed by atoms with Gasteiger partial charge in [-0.15, -0.1) is 0 Å². The van der Waals surface area contributed by atoms with Crippen molar-refractivity contribution in [1.82, 2.24) is 10.7 Å².